The first-order chi connectivity index (χ1) is 10.0. The van der Waals surface area contributed by atoms with Crippen LogP contribution in [-0.4, -0.2) is 19.5 Å². The molecule has 0 saturated heterocycles. The second kappa shape index (κ2) is 6.97. The van der Waals surface area contributed by atoms with Gasteiger partial charge in [-0.3, -0.25) is 4.79 Å². The van der Waals surface area contributed by atoms with E-state index in [4.69, 9.17) is 0 Å². The molecule has 3 heteroatoms. The van der Waals surface area contributed by atoms with Gasteiger partial charge in [-0.25, -0.2) is 0 Å². The number of amides is 1. The van der Waals surface area contributed by atoms with Gasteiger partial charge in [-0.1, -0.05) is 26.7 Å². The van der Waals surface area contributed by atoms with Crippen molar-refractivity contribution >= 4 is 11.6 Å². The van der Waals surface area contributed by atoms with Crippen LogP contribution in [0.3, 0.4) is 0 Å². The summed E-state index contributed by atoms with van der Waals surface area (Å²) < 4.78 is 0. The van der Waals surface area contributed by atoms with Crippen molar-refractivity contribution in [1.82, 2.24) is 5.32 Å². The fourth-order valence-corrected chi connectivity index (χ4v) is 3.60. The lowest BCUT2D eigenvalue weighted by atomic mass is 9.78. The quantitative estimate of drug-likeness (QED) is 0.828. The zero-order valence-electron chi connectivity index (χ0n) is 13.5. The standard InChI is InChI=1S/C18H28N2O/c1-14(2)12-18(10-4-5-11-18)13-20-17(21)15-6-8-16(19-3)9-7-15/h6-9,14,19H,4-5,10-13H2,1-3H3,(H,20,21). The highest BCUT2D eigenvalue weighted by Crippen LogP contribution is 2.42. The number of anilines is 1. The molecule has 1 aromatic rings. The first-order valence-corrected chi connectivity index (χ1v) is 8.11. The van der Waals surface area contributed by atoms with Crippen LogP contribution in [0.5, 0.6) is 0 Å². The summed E-state index contributed by atoms with van der Waals surface area (Å²) in [6, 6.07) is 7.64. The summed E-state index contributed by atoms with van der Waals surface area (Å²) >= 11 is 0. The second-order valence-electron chi connectivity index (χ2n) is 6.82. The average Bonchev–Trinajstić information content (AvgIpc) is 2.93. The van der Waals surface area contributed by atoms with E-state index in [0.717, 1.165) is 17.8 Å². The number of hydrogen-bond donors (Lipinski definition) is 2. The van der Waals surface area contributed by atoms with Gasteiger partial charge in [0.1, 0.15) is 0 Å². The number of benzene rings is 1. The van der Waals surface area contributed by atoms with Gasteiger partial charge in [-0.05, 0) is 54.9 Å². The van der Waals surface area contributed by atoms with Crippen molar-refractivity contribution in [3.05, 3.63) is 29.8 Å². The summed E-state index contributed by atoms with van der Waals surface area (Å²) in [6.07, 6.45) is 6.33. The Balaban J connectivity index is 1.95. The first-order valence-electron chi connectivity index (χ1n) is 8.11. The highest BCUT2D eigenvalue weighted by molar-refractivity contribution is 5.94. The summed E-state index contributed by atoms with van der Waals surface area (Å²) in [5, 5.41) is 6.23. The Hall–Kier alpha value is -1.51. The Bertz CT molecular complexity index is 459. The Kier molecular flexibility index (Phi) is 5.27. The molecule has 116 valence electrons. The lowest BCUT2D eigenvalue weighted by molar-refractivity contribution is 0.0922. The van der Waals surface area contributed by atoms with Gasteiger partial charge in [0, 0.05) is 24.8 Å². The van der Waals surface area contributed by atoms with Crippen LogP contribution < -0.4 is 10.6 Å². The van der Waals surface area contributed by atoms with Crippen molar-refractivity contribution < 1.29 is 4.79 Å². The topological polar surface area (TPSA) is 41.1 Å². The van der Waals surface area contributed by atoms with E-state index in [1.807, 2.05) is 31.3 Å². The Morgan fingerprint density at radius 1 is 1.19 bits per heavy atom. The number of nitrogens with one attached hydrogen (secondary N) is 2. The van der Waals surface area contributed by atoms with Crippen LogP contribution in [0.2, 0.25) is 0 Å². The van der Waals surface area contributed by atoms with E-state index >= 15 is 0 Å². The minimum Gasteiger partial charge on any atom is -0.388 e. The molecule has 0 heterocycles. The van der Waals surface area contributed by atoms with Crippen LogP contribution in [-0.2, 0) is 0 Å². The van der Waals surface area contributed by atoms with E-state index in [0.29, 0.717) is 11.3 Å². The van der Waals surface area contributed by atoms with Crippen LogP contribution in [0.15, 0.2) is 24.3 Å². The molecule has 1 amide bonds. The predicted molar refractivity (Wildman–Crippen MR) is 88.7 cm³/mol. The van der Waals surface area contributed by atoms with Crippen molar-refractivity contribution in [2.75, 3.05) is 18.9 Å². The molecule has 0 spiro atoms. The monoisotopic (exact) mass is 288 g/mol. The van der Waals surface area contributed by atoms with Crippen molar-refractivity contribution in [1.29, 1.82) is 0 Å². The maximum absolute atomic E-state index is 12.3. The van der Waals surface area contributed by atoms with Crippen molar-refractivity contribution in [3.8, 4) is 0 Å². The summed E-state index contributed by atoms with van der Waals surface area (Å²) in [4.78, 5) is 12.3. The molecule has 2 rings (SSSR count). The van der Waals surface area contributed by atoms with Crippen LogP contribution in [0.25, 0.3) is 0 Å². The normalized spacial score (nSPS) is 17.0. The highest BCUT2D eigenvalue weighted by atomic mass is 16.1. The third-order valence-electron chi connectivity index (χ3n) is 4.57. The van der Waals surface area contributed by atoms with Crippen molar-refractivity contribution in [3.63, 3.8) is 0 Å². The molecular weight excluding hydrogens is 260 g/mol. The number of carbonyl (C=O) groups is 1. The van der Waals surface area contributed by atoms with Gasteiger partial charge >= 0.3 is 0 Å². The van der Waals surface area contributed by atoms with Gasteiger partial charge in [-0.15, -0.1) is 0 Å². The van der Waals surface area contributed by atoms with Crippen molar-refractivity contribution in [2.45, 2.75) is 46.0 Å². The van der Waals surface area contributed by atoms with E-state index in [1.165, 1.54) is 32.1 Å². The number of carbonyl (C=O) groups excluding carboxylic acids is 1. The molecule has 2 N–H and O–H groups in total. The maximum atomic E-state index is 12.3. The summed E-state index contributed by atoms with van der Waals surface area (Å²) in [7, 11) is 1.88. The van der Waals surface area contributed by atoms with E-state index in [1.54, 1.807) is 0 Å². The summed E-state index contributed by atoms with van der Waals surface area (Å²) in [5.41, 5.74) is 2.10. The highest BCUT2D eigenvalue weighted by Gasteiger charge is 2.34. The molecule has 3 nitrogen and oxygen atoms in total. The smallest absolute Gasteiger partial charge is 0.251 e. The minimum atomic E-state index is 0.0488. The van der Waals surface area contributed by atoms with Crippen LogP contribution in [0.4, 0.5) is 5.69 Å². The zero-order chi connectivity index (χ0) is 15.3. The van der Waals surface area contributed by atoms with E-state index < -0.39 is 0 Å². The maximum Gasteiger partial charge on any atom is 0.251 e. The number of rotatable bonds is 6. The van der Waals surface area contributed by atoms with Gasteiger partial charge in [0.15, 0.2) is 0 Å². The van der Waals surface area contributed by atoms with E-state index in [-0.39, 0.29) is 5.91 Å². The lowest BCUT2D eigenvalue weighted by Crippen LogP contribution is -2.36. The van der Waals surface area contributed by atoms with Crippen molar-refractivity contribution in [2.24, 2.45) is 11.3 Å². The second-order valence-corrected chi connectivity index (χ2v) is 6.82. The van der Waals surface area contributed by atoms with E-state index in [2.05, 4.69) is 24.5 Å². The molecule has 1 aliphatic carbocycles. The van der Waals surface area contributed by atoms with E-state index in [9.17, 15) is 4.79 Å². The molecule has 1 aliphatic rings. The van der Waals surface area contributed by atoms with Gasteiger partial charge in [-0.2, -0.15) is 0 Å². The largest absolute Gasteiger partial charge is 0.388 e. The number of hydrogen-bond acceptors (Lipinski definition) is 2. The molecule has 0 radical (unpaired) electrons. The van der Waals surface area contributed by atoms with Gasteiger partial charge in [0.2, 0.25) is 0 Å². The van der Waals surface area contributed by atoms with Gasteiger partial charge in [0.05, 0.1) is 0 Å². The van der Waals surface area contributed by atoms with Crippen LogP contribution in [0.1, 0.15) is 56.3 Å². The van der Waals surface area contributed by atoms with Gasteiger partial charge < -0.3 is 10.6 Å². The molecule has 0 atom stereocenters. The fraction of sp³-hybridized carbons (Fsp3) is 0.611. The average molecular weight is 288 g/mol. The lowest BCUT2D eigenvalue weighted by Gasteiger charge is -2.31. The third-order valence-corrected chi connectivity index (χ3v) is 4.57. The molecule has 1 saturated carbocycles. The molecule has 0 aliphatic heterocycles. The van der Waals surface area contributed by atoms with Crippen LogP contribution in [0, 0.1) is 11.3 Å². The zero-order valence-corrected chi connectivity index (χ0v) is 13.5. The summed E-state index contributed by atoms with van der Waals surface area (Å²) in [6.45, 7) is 5.37. The molecule has 1 aromatic carbocycles. The van der Waals surface area contributed by atoms with Crippen LogP contribution >= 0.6 is 0 Å². The predicted octanol–water partition coefficient (Wildman–Crippen LogP) is 4.06. The minimum absolute atomic E-state index is 0.0488. The molecule has 0 unspecified atom stereocenters. The first kappa shape index (κ1) is 15.9. The Morgan fingerprint density at radius 2 is 1.81 bits per heavy atom. The molecule has 0 bridgehead atoms. The molecular formula is C18H28N2O. The Morgan fingerprint density at radius 3 is 2.33 bits per heavy atom. The third kappa shape index (κ3) is 4.23. The SMILES string of the molecule is CNc1ccc(C(=O)NCC2(CC(C)C)CCCC2)cc1. The molecule has 0 aromatic heterocycles. The molecule has 1 fully saturated rings. The summed E-state index contributed by atoms with van der Waals surface area (Å²) in [5.74, 6) is 0.739. The molecule has 21 heavy (non-hydrogen) atoms. The fourth-order valence-electron chi connectivity index (χ4n) is 3.60. The van der Waals surface area contributed by atoms with Gasteiger partial charge in [0.25, 0.3) is 5.91 Å². The Labute approximate surface area is 128 Å².